The van der Waals surface area contributed by atoms with E-state index >= 15 is 0 Å². The quantitative estimate of drug-likeness (QED) is 0.340. The van der Waals surface area contributed by atoms with Gasteiger partial charge in [0.05, 0.1) is 22.5 Å². The number of anilines is 2. The molecule has 4 saturated carbocycles. The molecule has 0 radical (unpaired) electrons. The molecule has 2 saturated heterocycles. The normalized spacial score (nSPS) is 20.9. The summed E-state index contributed by atoms with van der Waals surface area (Å²) in [5, 5.41) is 22.9. The van der Waals surface area contributed by atoms with Crippen LogP contribution in [-0.2, 0) is 4.74 Å². The molecule has 1 N–H and O–H groups in total. The topological polar surface area (TPSA) is 95.6 Å². The van der Waals surface area contributed by atoms with Gasteiger partial charge in [0.25, 0.3) is 0 Å². The van der Waals surface area contributed by atoms with Gasteiger partial charge in [0.1, 0.15) is 17.7 Å². The molecule has 48 heavy (non-hydrogen) atoms. The number of hydrogen-bond donors (Lipinski definition) is 1. The lowest BCUT2D eigenvalue weighted by atomic mass is 9.96. The summed E-state index contributed by atoms with van der Waals surface area (Å²) >= 11 is 0. The molecule has 256 valence electrons. The van der Waals surface area contributed by atoms with E-state index in [1.165, 1.54) is 79.3 Å². The molecule has 2 aromatic rings. The van der Waals surface area contributed by atoms with E-state index in [1.54, 1.807) is 4.90 Å². The number of amides is 1. The monoisotopic (exact) mass is 670 g/mol. The zero-order valence-electron chi connectivity index (χ0n) is 28.9. The smallest absolute Gasteiger partial charge is 0.410 e. The summed E-state index contributed by atoms with van der Waals surface area (Å²) in [4.78, 5) is 18.8. The highest BCUT2D eigenvalue weighted by Gasteiger charge is 2.35. The van der Waals surface area contributed by atoms with Crippen molar-refractivity contribution in [3.05, 3.63) is 57.6 Å². The molecule has 4 aliphatic carbocycles. The first kappa shape index (κ1) is 34.4. The molecule has 2 aliphatic heterocycles. The number of carbonyl (C=O) groups excluding carboxylic acids is 1. The van der Waals surface area contributed by atoms with E-state index in [2.05, 4.69) is 51.5 Å². The molecule has 6 aliphatic rings. The van der Waals surface area contributed by atoms with Gasteiger partial charge in [-0.25, -0.2) is 4.79 Å². The Morgan fingerprint density at radius 3 is 1.48 bits per heavy atom. The van der Waals surface area contributed by atoms with Crippen LogP contribution in [0, 0.1) is 22.7 Å². The lowest BCUT2D eigenvalue weighted by Crippen LogP contribution is -2.50. The van der Waals surface area contributed by atoms with E-state index in [4.69, 9.17) is 4.74 Å². The summed E-state index contributed by atoms with van der Waals surface area (Å²) in [6, 6.07) is 14.2. The third-order valence-corrected chi connectivity index (χ3v) is 10.4. The van der Waals surface area contributed by atoms with Gasteiger partial charge in [-0.15, -0.1) is 12.4 Å². The van der Waals surface area contributed by atoms with Gasteiger partial charge in [-0.05, 0) is 130 Å². The Morgan fingerprint density at radius 2 is 1.10 bits per heavy atom. The Hall–Kier alpha value is -3.46. The first-order valence-corrected chi connectivity index (χ1v) is 18.1. The highest BCUT2D eigenvalue weighted by Crippen LogP contribution is 2.49. The summed E-state index contributed by atoms with van der Waals surface area (Å²) in [6.07, 6.45) is 9.89. The number of hydrogen-bond acceptors (Lipinski definition) is 7. The molecule has 8 rings (SSSR count). The fourth-order valence-electron chi connectivity index (χ4n) is 7.18. The van der Waals surface area contributed by atoms with Crippen LogP contribution in [0.2, 0.25) is 0 Å². The van der Waals surface area contributed by atoms with E-state index in [0.29, 0.717) is 30.8 Å². The van der Waals surface area contributed by atoms with Crippen molar-refractivity contribution < 1.29 is 9.53 Å². The molecule has 2 aromatic carbocycles. The lowest BCUT2D eigenvalue weighted by Gasteiger charge is -2.37. The number of ether oxygens (including phenoxy) is 1. The molecule has 0 bridgehead atoms. The van der Waals surface area contributed by atoms with Crippen LogP contribution in [0.15, 0.2) is 24.3 Å². The van der Waals surface area contributed by atoms with E-state index in [0.717, 1.165) is 62.0 Å². The van der Waals surface area contributed by atoms with Gasteiger partial charge in [-0.3, -0.25) is 0 Å². The first-order chi connectivity index (χ1) is 22.7. The molecule has 1 amide bonds. The third kappa shape index (κ3) is 8.04. The maximum Gasteiger partial charge on any atom is 0.410 e. The van der Waals surface area contributed by atoms with Gasteiger partial charge >= 0.3 is 6.09 Å². The van der Waals surface area contributed by atoms with Crippen molar-refractivity contribution in [1.82, 2.24) is 10.2 Å². The Balaban J connectivity index is 0.000000170. The number of halogens is 1. The van der Waals surface area contributed by atoms with Crippen LogP contribution in [0.1, 0.15) is 129 Å². The fourth-order valence-corrected chi connectivity index (χ4v) is 7.18. The molecule has 0 spiro atoms. The minimum absolute atomic E-state index is 0. The molecule has 2 heterocycles. The average Bonchev–Trinajstić information content (AvgIpc) is 3.91. The number of nitrogens with zero attached hydrogens (tertiary/aromatic N) is 5. The van der Waals surface area contributed by atoms with Crippen molar-refractivity contribution in [2.45, 2.75) is 101 Å². The summed E-state index contributed by atoms with van der Waals surface area (Å²) in [7, 11) is 0. The van der Waals surface area contributed by atoms with Gasteiger partial charge in [0.2, 0.25) is 0 Å². The maximum atomic E-state index is 12.3. The third-order valence-electron chi connectivity index (χ3n) is 10.4. The number of rotatable bonds is 6. The second-order valence-corrected chi connectivity index (χ2v) is 15.5. The zero-order chi connectivity index (χ0) is 32.7. The average molecular weight is 671 g/mol. The van der Waals surface area contributed by atoms with Gasteiger partial charge in [0, 0.05) is 52.4 Å². The number of benzene rings is 2. The Kier molecular flexibility index (Phi) is 10.2. The SMILES string of the molecule is CC(C)(C)OC(=O)N1CCN(c2cc(C3CC3)cc(C3CC3)c2C#N)CC1.Cl.N#Cc1c(C2CC2)cc(C2CC2)cc1N1CCNCC1. The van der Waals surface area contributed by atoms with Crippen molar-refractivity contribution in [3.8, 4) is 12.1 Å². The Labute approximate surface area is 292 Å². The predicted molar refractivity (Wildman–Crippen MR) is 193 cm³/mol. The van der Waals surface area contributed by atoms with Crippen LogP contribution in [0.4, 0.5) is 16.2 Å². The van der Waals surface area contributed by atoms with Crippen molar-refractivity contribution in [2.24, 2.45) is 0 Å². The van der Waals surface area contributed by atoms with E-state index in [1.807, 2.05) is 20.8 Å². The van der Waals surface area contributed by atoms with Crippen molar-refractivity contribution in [3.63, 3.8) is 0 Å². The first-order valence-electron chi connectivity index (χ1n) is 18.1. The van der Waals surface area contributed by atoms with Crippen LogP contribution in [0.3, 0.4) is 0 Å². The van der Waals surface area contributed by atoms with Gasteiger partial charge in [-0.2, -0.15) is 10.5 Å². The van der Waals surface area contributed by atoms with Crippen LogP contribution < -0.4 is 15.1 Å². The summed E-state index contributed by atoms with van der Waals surface area (Å²) in [6.45, 7) is 12.5. The van der Waals surface area contributed by atoms with Crippen molar-refractivity contribution in [1.29, 1.82) is 10.5 Å². The highest BCUT2D eigenvalue weighted by molar-refractivity contribution is 5.85. The second kappa shape index (κ2) is 14.2. The van der Waals surface area contributed by atoms with E-state index in [9.17, 15) is 15.3 Å². The molecule has 8 nitrogen and oxygen atoms in total. The van der Waals surface area contributed by atoms with Crippen molar-refractivity contribution in [2.75, 3.05) is 62.2 Å². The summed E-state index contributed by atoms with van der Waals surface area (Å²) < 4.78 is 5.50. The predicted octanol–water partition coefficient (Wildman–Crippen LogP) is 7.51. The van der Waals surface area contributed by atoms with Crippen LogP contribution in [0.5, 0.6) is 0 Å². The largest absolute Gasteiger partial charge is 0.444 e. The lowest BCUT2D eigenvalue weighted by molar-refractivity contribution is 0.0240. The van der Waals surface area contributed by atoms with Gasteiger partial charge in [0.15, 0.2) is 0 Å². The van der Waals surface area contributed by atoms with Crippen molar-refractivity contribution >= 4 is 29.9 Å². The van der Waals surface area contributed by atoms with Crippen LogP contribution in [0.25, 0.3) is 0 Å². The molecule has 0 aromatic heterocycles. The van der Waals surface area contributed by atoms with Gasteiger partial charge < -0.3 is 24.8 Å². The van der Waals surface area contributed by atoms with E-state index < -0.39 is 5.60 Å². The molecule has 0 unspecified atom stereocenters. The summed E-state index contributed by atoms with van der Waals surface area (Å²) in [5.41, 5.74) is 9.11. The Bertz CT molecular complexity index is 1580. The minimum atomic E-state index is -0.472. The number of carbonyl (C=O) groups is 1. The molecule has 0 atom stereocenters. The zero-order valence-corrected chi connectivity index (χ0v) is 29.7. The van der Waals surface area contributed by atoms with Gasteiger partial charge in [-0.1, -0.05) is 12.1 Å². The molecule has 6 fully saturated rings. The number of piperazine rings is 2. The minimum Gasteiger partial charge on any atom is -0.444 e. The number of nitriles is 2. The summed E-state index contributed by atoms with van der Waals surface area (Å²) in [5.74, 6) is 2.67. The highest BCUT2D eigenvalue weighted by atomic mass is 35.5. The standard InChI is InChI=1S/C22H29N3O2.C17H21N3.ClH/c1-22(2,3)27-21(26)25-10-8-24(9-11-25)20-13-17(15-4-5-15)12-18(16-6-7-16)19(20)14-23;18-11-16-15(13-3-4-13)9-14(12-1-2-12)10-17(16)20-7-5-19-6-8-20;/h12-13,15-16H,4-11H2,1-3H3;9-10,12-13,19H,1-8H2;1H. The number of nitrogens with one attached hydrogen (secondary N) is 1. The molecular formula is C39H51ClN6O2. The Morgan fingerprint density at radius 1 is 0.688 bits per heavy atom. The second-order valence-electron chi connectivity index (χ2n) is 15.5. The molecule has 9 heteroatoms. The van der Waals surface area contributed by atoms with Crippen LogP contribution in [-0.4, -0.2) is 69.0 Å². The fraction of sp³-hybridized carbons (Fsp3) is 0.615. The van der Waals surface area contributed by atoms with Crippen LogP contribution >= 0.6 is 12.4 Å². The molecular weight excluding hydrogens is 620 g/mol. The maximum absolute atomic E-state index is 12.3. The van der Waals surface area contributed by atoms with E-state index in [-0.39, 0.29) is 18.5 Å².